The number of ether oxygens (including phenoxy) is 1. The fourth-order valence-corrected chi connectivity index (χ4v) is 9.16. The predicted octanol–water partition coefficient (Wildman–Crippen LogP) is 7.53. The highest BCUT2D eigenvalue weighted by molar-refractivity contribution is 5.96. The summed E-state index contributed by atoms with van der Waals surface area (Å²) in [6.45, 7) is 0. The Morgan fingerprint density at radius 3 is 2.34 bits per heavy atom. The second kappa shape index (κ2) is 8.94. The molecule has 2 N–H and O–H groups in total. The second-order valence-corrected chi connectivity index (χ2v) is 13.0. The highest BCUT2D eigenvalue weighted by atomic mass is 16.5. The van der Waals surface area contributed by atoms with Crippen LogP contribution >= 0.6 is 0 Å². The molecule has 5 heteroatoms. The van der Waals surface area contributed by atoms with Gasteiger partial charge in [0.2, 0.25) is 0 Å². The van der Waals surface area contributed by atoms with Crippen LogP contribution in [0.1, 0.15) is 77.9 Å². The molecule has 4 saturated carbocycles. The standard InChI is InChI=1S/C36H32O5/c37-25-7-9-29-33(16-25)41-32-15-23(26-3-1-2-4-27(26)35(39)40)5-8-28(32)34(29)24-6-10-31(38)30(14-24)36-17-20-11-21(18-36)13-22(12-20)19-36/h1-10,14-15,20-22,34,38H,11-13,16-19H2,(H,39,40). The summed E-state index contributed by atoms with van der Waals surface area (Å²) in [5.41, 5.74) is 5.77. The number of rotatable bonds is 4. The molecule has 3 aromatic carbocycles. The van der Waals surface area contributed by atoms with Crippen molar-refractivity contribution in [3.05, 3.63) is 106 Å². The van der Waals surface area contributed by atoms with Gasteiger partial charge in [-0.15, -0.1) is 0 Å². The average Bonchev–Trinajstić information content (AvgIpc) is 2.95. The van der Waals surface area contributed by atoms with E-state index in [0.717, 1.165) is 64.8 Å². The van der Waals surface area contributed by atoms with Crippen LogP contribution in [0.4, 0.5) is 0 Å². The van der Waals surface area contributed by atoms with Gasteiger partial charge >= 0.3 is 5.97 Å². The van der Waals surface area contributed by atoms with E-state index in [1.165, 1.54) is 19.3 Å². The fourth-order valence-electron chi connectivity index (χ4n) is 9.16. The Kier molecular flexibility index (Phi) is 5.38. The van der Waals surface area contributed by atoms with Gasteiger partial charge in [-0.25, -0.2) is 4.79 Å². The average molecular weight is 545 g/mol. The SMILES string of the molecule is O=C1C=CC2=C(C1)Oc1cc(-c3ccccc3C(=O)O)ccc1C2c1ccc(O)c(C23CC4CC(CC(C4)C2)C3)c1. The van der Waals surface area contributed by atoms with Crippen molar-refractivity contribution in [2.75, 3.05) is 0 Å². The third-order valence-corrected chi connectivity index (χ3v) is 10.4. The van der Waals surface area contributed by atoms with Crippen LogP contribution in [0.5, 0.6) is 11.5 Å². The summed E-state index contributed by atoms with van der Waals surface area (Å²) in [6.07, 6.45) is 11.2. The summed E-state index contributed by atoms with van der Waals surface area (Å²) in [5, 5.41) is 21.0. The number of aromatic hydroxyl groups is 1. The molecule has 6 aliphatic rings. The number of carboxylic acids is 1. The number of carbonyl (C=O) groups excluding carboxylic acids is 1. The molecule has 0 saturated heterocycles. The molecule has 41 heavy (non-hydrogen) atoms. The van der Waals surface area contributed by atoms with Gasteiger partial charge in [-0.05, 0) is 103 Å². The molecule has 5 nitrogen and oxygen atoms in total. The quantitative estimate of drug-likeness (QED) is 0.355. The first kappa shape index (κ1) is 24.7. The molecule has 1 atom stereocenters. The Morgan fingerprint density at radius 2 is 1.61 bits per heavy atom. The Labute approximate surface area is 239 Å². The van der Waals surface area contributed by atoms with E-state index in [-0.39, 0.29) is 29.1 Å². The van der Waals surface area contributed by atoms with Crippen LogP contribution in [-0.2, 0) is 10.2 Å². The number of ketones is 1. The molecule has 0 radical (unpaired) electrons. The van der Waals surface area contributed by atoms with Gasteiger partial charge in [-0.1, -0.05) is 48.5 Å². The largest absolute Gasteiger partial charge is 0.508 e. The smallest absolute Gasteiger partial charge is 0.336 e. The van der Waals surface area contributed by atoms with Crippen molar-refractivity contribution in [1.29, 1.82) is 0 Å². The van der Waals surface area contributed by atoms with Crippen LogP contribution in [0.2, 0.25) is 0 Å². The normalized spacial score (nSPS) is 29.2. The van der Waals surface area contributed by atoms with Crippen molar-refractivity contribution < 1.29 is 24.5 Å². The molecular formula is C36H32O5. The minimum absolute atomic E-state index is 0.00158. The van der Waals surface area contributed by atoms with Crippen LogP contribution in [0, 0.1) is 17.8 Å². The highest BCUT2D eigenvalue weighted by Gasteiger charge is 2.52. The summed E-state index contributed by atoms with van der Waals surface area (Å²) < 4.78 is 6.39. The molecule has 1 aliphatic heterocycles. The van der Waals surface area contributed by atoms with Gasteiger partial charge in [0.05, 0.1) is 12.0 Å². The number of hydrogen-bond donors (Lipinski definition) is 2. The Bertz CT molecular complexity index is 1660. The molecule has 3 aromatic rings. The fraction of sp³-hybridized carbons (Fsp3) is 0.333. The third-order valence-electron chi connectivity index (χ3n) is 10.4. The van der Waals surface area contributed by atoms with E-state index < -0.39 is 5.97 Å². The Morgan fingerprint density at radius 1 is 0.878 bits per heavy atom. The lowest BCUT2D eigenvalue weighted by molar-refractivity contribution is -0.114. The molecule has 206 valence electrons. The van der Waals surface area contributed by atoms with Gasteiger partial charge in [0.15, 0.2) is 5.78 Å². The van der Waals surface area contributed by atoms with Crippen LogP contribution < -0.4 is 4.74 Å². The molecule has 4 bridgehead atoms. The molecule has 4 fully saturated rings. The highest BCUT2D eigenvalue weighted by Crippen LogP contribution is 2.62. The van der Waals surface area contributed by atoms with E-state index in [4.69, 9.17) is 4.74 Å². The van der Waals surface area contributed by atoms with Crippen molar-refractivity contribution in [3.8, 4) is 22.6 Å². The summed E-state index contributed by atoms with van der Waals surface area (Å²) in [5.74, 6) is 2.83. The summed E-state index contributed by atoms with van der Waals surface area (Å²) in [4.78, 5) is 24.4. The van der Waals surface area contributed by atoms with Crippen molar-refractivity contribution >= 4 is 11.8 Å². The summed E-state index contributed by atoms with van der Waals surface area (Å²) >= 11 is 0. The lowest BCUT2D eigenvalue weighted by Crippen LogP contribution is -2.48. The second-order valence-electron chi connectivity index (χ2n) is 13.0. The minimum atomic E-state index is -0.980. The number of fused-ring (bicyclic) bond motifs is 1. The minimum Gasteiger partial charge on any atom is -0.508 e. The van der Waals surface area contributed by atoms with Crippen molar-refractivity contribution in [3.63, 3.8) is 0 Å². The van der Waals surface area contributed by atoms with E-state index >= 15 is 0 Å². The van der Waals surface area contributed by atoms with Crippen LogP contribution in [0.25, 0.3) is 11.1 Å². The maximum Gasteiger partial charge on any atom is 0.336 e. The first-order chi connectivity index (χ1) is 19.9. The molecular weight excluding hydrogens is 512 g/mol. The van der Waals surface area contributed by atoms with E-state index in [1.807, 2.05) is 42.5 Å². The zero-order chi connectivity index (χ0) is 27.9. The number of phenolic OH excluding ortho intramolecular Hbond substituents is 1. The molecule has 0 aromatic heterocycles. The first-order valence-electron chi connectivity index (χ1n) is 14.8. The van der Waals surface area contributed by atoms with Gasteiger partial charge < -0.3 is 14.9 Å². The topological polar surface area (TPSA) is 83.8 Å². The third kappa shape index (κ3) is 3.89. The zero-order valence-corrected chi connectivity index (χ0v) is 22.8. The van der Waals surface area contributed by atoms with Crippen LogP contribution in [-0.4, -0.2) is 22.0 Å². The van der Waals surface area contributed by atoms with E-state index in [2.05, 4.69) is 6.07 Å². The van der Waals surface area contributed by atoms with Crippen molar-refractivity contribution in [2.45, 2.75) is 56.3 Å². The Balaban J connectivity index is 1.26. The molecule has 5 aliphatic carbocycles. The van der Waals surface area contributed by atoms with E-state index in [9.17, 15) is 19.8 Å². The van der Waals surface area contributed by atoms with Gasteiger partial charge in [0, 0.05) is 22.6 Å². The Hall–Kier alpha value is -4.12. The summed E-state index contributed by atoms with van der Waals surface area (Å²) in [7, 11) is 0. The predicted molar refractivity (Wildman–Crippen MR) is 155 cm³/mol. The van der Waals surface area contributed by atoms with Gasteiger partial charge in [0.25, 0.3) is 0 Å². The number of carboxylic acid groups (broad SMARTS) is 1. The molecule has 0 spiro atoms. The maximum atomic E-state index is 12.4. The number of phenols is 1. The van der Waals surface area contributed by atoms with Crippen molar-refractivity contribution in [2.24, 2.45) is 17.8 Å². The van der Waals surface area contributed by atoms with Crippen LogP contribution in [0.15, 0.2) is 84.1 Å². The van der Waals surface area contributed by atoms with E-state index in [1.54, 1.807) is 24.3 Å². The lowest BCUT2D eigenvalue weighted by atomic mass is 9.48. The summed E-state index contributed by atoms with van der Waals surface area (Å²) in [6, 6.07) is 19.0. The number of benzene rings is 3. The number of aromatic carboxylic acids is 1. The number of allylic oxidation sites excluding steroid dienone is 4. The molecule has 1 unspecified atom stereocenters. The van der Waals surface area contributed by atoms with Gasteiger partial charge in [-0.2, -0.15) is 0 Å². The lowest BCUT2D eigenvalue weighted by Gasteiger charge is -2.57. The van der Waals surface area contributed by atoms with Gasteiger partial charge in [0.1, 0.15) is 17.3 Å². The number of carbonyl (C=O) groups is 2. The van der Waals surface area contributed by atoms with Gasteiger partial charge in [-0.3, -0.25) is 4.79 Å². The molecule has 0 amide bonds. The van der Waals surface area contributed by atoms with Crippen molar-refractivity contribution in [1.82, 2.24) is 0 Å². The monoisotopic (exact) mass is 544 g/mol. The van der Waals surface area contributed by atoms with Crippen LogP contribution in [0.3, 0.4) is 0 Å². The van der Waals surface area contributed by atoms with E-state index in [0.29, 0.717) is 22.8 Å². The first-order valence-corrected chi connectivity index (χ1v) is 14.8. The molecule has 1 heterocycles. The maximum absolute atomic E-state index is 12.4. The zero-order valence-electron chi connectivity index (χ0n) is 22.8. The number of hydrogen-bond acceptors (Lipinski definition) is 4. The molecule has 9 rings (SSSR count).